The van der Waals surface area contributed by atoms with E-state index in [1.54, 1.807) is 0 Å². The molecule has 3 amide bonds. The Morgan fingerprint density at radius 3 is 2.08 bits per heavy atom. The van der Waals surface area contributed by atoms with Crippen LogP contribution in [0.15, 0.2) is 0 Å². The zero-order valence-corrected chi connectivity index (χ0v) is 14.3. The van der Waals surface area contributed by atoms with Crippen LogP contribution in [-0.2, 0) is 4.74 Å². The van der Waals surface area contributed by atoms with E-state index in [4.69, 9.17) is 14.2 Å². The Morgan fingerprint density at radius 2 is 1.54 bits per heavy atom. The van der Waals surface area contributed by atoms with Crippen LogP contribution in [-0.4, -0.2) is 63.2 Å². The molecule has 0 aliphatic carbocycles. The summed E-state index contributed by atoms with van der Waals surface area (Å²) < 4.78 is 20.3. The van der Waals surface area contributed by atoms with Crippen LogP contribution in [0.4, 0.5) is 4.79 Å². The number of urea groups is 1. The van der Waals surface area contributed by atoms with Gasteiger partial charge in [-0.3, -0.25) is 9.69 Å². The lowest BCUT2D eigenvalue weighted by atomic mass is 9.99. The maximum absolute atomic E-state index is 13.0. The Balaban J connectivity index is 2.29. The molecule has 0 atom stereocenters. The van der Waals surface area contributed by atoms with Crippen molar-refractivity contribution in [3.05, 3.63) is 16.7 Å². The number of nitrogens with one attached hydrogen (secondary N) is 1. The molecule has 1 fully saturated rings. The molecule has 0 saturated carbocycles. The van der Waals surface area contributed by atoms with Crippen molar-refractivity contribution in [1.29, 1.82) is 0 Å². The van der Waals surface area contributed by atoms with E-state index in [-0.39, 0.29) is 40.5 Å². The largest absolute Gasteiger partial charge is 0.495 e. The third kappa shape index (κ3) is 2.41. The monoisotopic (exact) mass is 364 g/mol. The van der Waals surface area contributed by atoms with Gasteiger partial charge in [-0.1, -0.05) is 0 Å². The van der Waals surface area contributed by atoms with E-state index in [9.17, 15) is 19.2 Å². The highest BCUT2D eigenvalue weighted by Gasteiger charge is 2.44. The number of benzene rings is 1. The summed E-state index contributed by atoms with van der Waals surface area (Å²) in [6.07, 6.45) is 0.560. The smallest absolute Gasteiger partial charge is 0.351 e. The van der Waals surface area contributed by atoms with Crippen LogP contribution in [0.25, 0.3) is 0 Å². The van der Waals surface area contributed by atoms with Crippen molar-refractivity contribution in [3.63, 3.8) is 0 Å². The second-order valence-electron chi connectivity index (χ2n) is 5.44. The van der Waals surface area contributed by atoms with Gasteiger partial charge in [-0.05, 0) is 6.42 Å². The molecule has 0 aromatic heterocycles. The SMILES string of the molecule is COc1c(OC)c2c(c(OC)c1C(=O)N1CCCNC1=O)C(=O)OC2=O. The van der Waals surface area contributed by atoms with Gasteiger partial charge < -0.3 is 24.3 Å². The quantitative estimate of drug-likeness (QED) is 0.608. The van der Waals surface area contributed by atoms with Crippen molar-refractivity contribution >= 4 is 23.9 Å². The Kier molecular flexibility index (Phi) is 4.41. The highest BCUT2D eigenvalue weighted by molar-refractivity contribution is 6.21. The van der Waals surface area contributed by atoms with Gasteiger partial charge in [0.05, 0.1) is 21.3 Å². The van der Waals surface area contributed by atoms with Crippen LogP contribution < -0.4 is 19.5 Å². The van der Waals surface area contributed by atoms with Gasteiger partial charge in [-0.25, -0.2) is 14.4 Å². The molecule has 2 heterocycles. The lowest BCUT2D eigenvalue weighted by Crippen LogP contribution is -2.49. The fourth-order valence-corrected chi connectivity index (χ4v) is 3.00. The van der Waals surface area contributed by atoms with Gasteiger partial charge in [-0.15, -0.1) is 0 Å². The molecular formula is C16H16N2O8. The third-order valence-electron chi connectivity index (χ3n) is 4.11. The zero-order chi connectivity index (χ0) is 19.0. The number of hydrogen-bond acceptors (Lipinski definition) is 8. The summed E-state index contributed by atoms with van der Waals surface area (Å²) in [6.45, 7) is 0.630. The average Bonchev–Trinajstić information content (AvgIpc) is 2.93. The lowest BCUT2D eigenvalue weighted by molar-refractivity contribution is 0.0441. The molecule has 2 aliphatic rings. The van der Waals surface area contributed by atoms with Crippen molar-refractivity contribution in [3.8, 4) is 17.2 Å². The number of rotatable bonds is 4. The molecule has 26 heavy (non-hydrogen) atoms. The number of methoxy groups -OCH3 is 3. The van der Waals surface area contributed by atoms with E-state index in [1.165, 1.54) is 21.3 Å². The summed E-state index contributed by atoms with van der Waals surface area (Å²) in [6, 6.07) is -0.580. The number of carbonyl (C=O) groups is 4. The lowest BCUT2D eigenvalue weighted by Gasteiger charge is -2.27. The third-order valence-corrected chi connectivity index (χ3v) is 4.11. The van der Waals surface area contributed by atoms with Crippen molar-refractivity contribution in [1.82, 2.24) is 10.2 Å². The molecule has 10 nitrogen and oxygen atoms in total. The van der Waals surface area contributed by atoms with E-state index in [1.807, 2.05) is 0 Å². The number of nitrogens with zero attached hydrogens (tertiary/aromatic N) is 1. The number of carbonyl (C=O) groups excluding carboxylic acids is 4. The second kappa shape index (κ2) is 6.54. The van der Waals surface area contributed by atoms with Crippen LogP contribution in [0.5, 0.6) is 17.2 Å². The molecular weight excluding hydrogens is 348 g/mol. The van der Waals surface area contributed by atoms with Crippen LogP contribution >= 0.6 is 0 Å². The summed E-state index contributed by atoms with van der Waals surface area (Å²) in [5.74, 6) is -3.13. The van der Waals surface area contributed by atoms with Crippen molar-refractivity contribution in [2.45, 2.75) is 6.42 Å². The molecule has 2 aliphatic heterocycles. The summed E-state index contributed by atoms with van der Waals surface area (Å²) in [7, 11) is 3.74. The first kappa shape index (κ1) is 17.5. The first-order chi connectivity index (χ1) is 12.5. The molecule has 0 radical (unpaired) electrons. The molecule has 10 heteroatoms. The van der Waals surface area contributed by atoms with Gasteiger partial charge in [0.25, 0.3) is 5.91 Å². The molecule has 0 spiro atoms. The van der Waals surface area contributed by atoms with Crippen molar-refractivity contribution in [2.75, 3.05) is 34.4 Å². The van der Waals surface area contributed by atoms with Crippen LogP contribution in [0.2, 0.25) is 0 Å². The number of amides is 3. The van der Waals surface area contributed by atoms with Gasteiger partial charge in [0.2, 0.25) is 0 Å². The fraction of sp³-hybridized carbons (Fsp3) is 0.375. The number of ether oxygens (including phenoxy) is 4. The van der Waals surface area contributed by atoms with Crippen LogP contribution in [0.1, 0.15) is 37.5 Å². The normalized spacial score (nSPS) is 16.0. The summed E-state index contributed by atoms with van der Waals surface area (Å²) in [5.41, 5.74) is -0.629. The standard InChI is InChI=1S/C16H16N2O8/c1-23-10-7-8(15(21)26-14(7)20)11(24-2)12(25-3)9(10)13(19)18-6-4-5-17-16(18)22/h4-6H2,1-3H3,(H,17,22). The highest BCUT2D eigenvalue weighted by Crippen LogP contribution is 2.47. The maximum atomic E-state index is 13.0. The summed E-state index contributed by atoms with van der Waals surface area (Å²) >= 11 is 0. The fourth-order valence-electron chi connectivity index (χ4n) is 3.00. The molecule has 0 bridgehead atoms. The summed E-state index contributed by atoms with van der Waals surface area (Å²) in [5, 5.41) is 2.56. The molecule has 0 unspecified atom stereocenters. The van der Waals surface area contributed by atoms with E-state index >= 15 is 0 Å². The zero-order valence-electron chi connectivity index (χ0n) is 14.3. The van der Waals surface area contributed by atoms with E-state index in [2.05, 4.69) is 10.1 Å². The van der Waals surface area contributed by atoms with Crippen LogP contribution in [0, 0.1) is 0 Å². The molecule has 138 valence electrons. The minimum Gasteiger partial charge on any atom is -0.495 e. The first-order valence-electron chi connectivity index (χ1n) is 7.68. The number of fused-ring (bicyclic) bond motifs is 1. The predicted molar refractivity (Wildman–Crippen MR) is 84.9 cm³/mol. The number of esters is 2. The molecule has 1 N–H and O–H groups in total. The van der Waals surface area contributed by atoms with Gasteiger partial charge in [0.15, 0.2) is 17.2 Å². The highest BCUT2D eigenvalue weighted by atomic mass is 16.6. The van der Waals surface area contributed by atoms with Crippen molar-refractivity contribution < 1.29 is 38.1 Å². The van der Waals surface area contributed by atoms with E-state index in [0.717, 1.165) is 4.90 Å². The minimum absolute atomic E-state index is 0.127. The first-order valence-corrected chi connectivity index (χ1v) is 7.68. The van der Waals surface area contributed by atoms with E-state index in [0.29, 0.717) is 13.0 Å². The molecule has 1 aromatic carbocycles. The minimum atomic E-state index is -0.972. The predicted octanol–water partition coefficient (Wildman–Crippen LogP) is 0.578. The Labute approximate surface area is 147 Å². The number of cyclic esters (lactones) is 2. The van der Waals surface area contributed by atoms with Gasteiger partial charge in [-0.2, -0.15) is 0 Å². The molecule has 1 aromatic rings. The van der Waals surface area contributed by atoms with Gasteiger partial charge in [0, 0.05) is 13.1 Å². The van der Waals surface area contributed by atoms with Crippen molar-refractivity contribution in [2.24, 2.45) is 0 Å². The van der Waals surface area contributed by atoms with Gasteiger partial charge >= 0.3 is 18.0 Å². The average molecular weight is 364 g/mol. The molecule has 3 rings (SSSR count). The second-order valence-corrected chi connectivity index (χ2v) is 5.44. The van der Waals surface area contributed by atoms with E-state index < -0.39 is 23.9 Å². The number of hydrogen-bond donors (Lipinski definition) is 1. The Bertz CT molecular complexity index is 832. The maximum Gasteiger partial charge on any atom is 0.351 e. The molecule has 1 saturated heterocycles. The number of imide groups is 1. The topological polar surface area (TPSA) is 120 Å². The summed E-state index contributed by atoms with van der Waals surface area (Å²) in [4.78, 5) is 50.2. The Morgan fingerprint density at radius 1 is 0.962 bits per heavy atom. The van der Waals surface area contributed by atoms with Crippen LogP contribution in [0.3, 0.4) is 0 Å². The Hall–Kier alpha value is -3.30. The van der Waals surface area contributed by atoms with Gasteiger partial charge in [0.1, 0.15) is 16.7 Å².